The number of anilines is 1. The van der Waals surface area contributed by atoms with Crippen molar-refractivity contribution in [3.63, 3.8) is 0 Å². The van der Waals surface area contributed by atoms with E-state index in [4.69, 9.17) is 0 Å². The molecule has 0 saturated heterocycles. The monoisotopic (exact) mass is 331 g/mol. The van der Waals surface area contributed by atoms with E-state index in [1.165, 1.54) is 12.1 Å². The molecule has 0 unspecified atom stereocenters. The van der Waals surface area contributed by atoms with Gasteiger partial charge in [0.1, 0.15) is 5.82 Å². The molecule has 3 aromatic rings. The van der Waals surface area contributed by atoms with E-state index in [0.29, 0.717) is 6.54 Å². The smallest absolute Gasteiger partial charge is 0.123 e. The molecule has 1 aromatic heterocycles. The molecule has 0 bridgehead atoms. The minimum Gasteiger partial charge on any atom is -0.381 e. The van der Waals surface area contributed by atoms with Crippen molar-refractivity contribution >= 4 is 32.7 Å². The molecule has 0 aliphatic rings. The minimum atomic E-state index is -0.241. The van der Waals surface area contributed by atoms with Gasteiger partial charge >= 0.3 is 0 Å². The summed E-state index contributed by atoms with van der Waals surface area (Å²) in [5, 5.41) is 3.26. The highest BCUT2D eigenvalue weighted by atomic mass is 79.9. The molecule has 0 spiro atoms. The number of aromatic nitrogens is 2. The van der Waals surface area contributed by atoms with Gasteiger partial charge in [-0.25, -0.2) is 4.39 Å². The lowest BCUT2D eigenvalue weighted by Crippen LogP contribution is -2.01. The van der Waals surface area contributed by atoms with Gasteiger partial charge in [-0.2, -0.15) is 0 Å². The first-order chi connectivity index (χ1) is 9.72. The highest BCUT2D eigenvalue weighted by molar-refractivity contribution is 9.10. The average molecular weight is 332 g/mol. The molecule has 5 heteroatoms. The second kappa shape index (κ2) is 5.54. The van der Waals surface area contributed by atoms with Gasteiger partial charge in [-0.1, -0.05) is 15.9 Å². The van der Waals surface area contributed by atoms with Gasteiger partial charge in [0.15, 0.2) is 0 Å². The van der Waals surface area contributed by atoms with Gasteiger partial charge in [-0.3, -0.25) is 9.97 Å². The van der Waals surface area contributed by atoms with E-state index in [1.807, 2.05) is 18.2 Å². The number of hydrogen-bond acceptors (Lipinski definition) is 3. The zero-order valence-electron chi connectivity index (χ0n) is 10.5. The summed E-state index contributed by atoms with van der Waals surface area (Å²) < 4.78 is 14.1. The number of rotatable bonds is 3. The molecule has 20 heavy (non-hydrogen) atoms. The number of hydrogen-bond donors (Lipinski definition) is 1. The fourth-order valence-electron chi connectivity index (χ4n) is 1.95. The maximum Gasteiger partial charge on any atom is 0.123 e. The summed E-state index contributed by atoms with van der Waals surface area (Å²) in [6.07, 6.45) is 3.33. The molecular formula is C15H11BrFN3. The third-order valence-corrected chi connectivity index (χ3v) is 3.73. The molecule has 1 N–H and O–H groups in total. The predicted molar refractivity (Wildman–Crippen MR) is 81.0 cm³/mol. The summed E-state index contributed by atoms with van der Waals surface area (Å²) in [5.74, 6) is -0.241. The van der Waals surface area contributed by atoms with Crippen molar-refractivity contribution in [3.8, 4) is 0 Å². The predicted octanol–water partition coefficient (Wildman–Crippen LogP) is 4.14. The van der Waals surface area contributed by atoms with Crippen LogP contribution in [0, 0.1) is 5.82 Å². The van der Waals surface area contributed by atoms with Crippen LogP contribution in [-0.2, 0) is 6.54 Å². The van der Waals surface area contributed by atoms with Crippen molar-refractivity contribution in [2.75, 3.05) is 5.32 Å². The summed E-state index contributed by atoms with van der Waals surface area (Å²) in [4.78, 5) is 8.48. The van der Waals surface area contributed by atoms with Gasteiger partial charge in [-0.15, -0.1) is 0 Å². The third kappa shape index (κ3) is 2.77. The Balaban J connectivity index is 1.81. The lowest BCUT2D eigenvalue weighted by molar-refractivity contribution is 0.625. The molecule has 2 aromatic carbocycles. The van der Waals surface area contributed by atoms with E-state index < -0.39 is 0 Å². The highest BCUT2D eigenvalue weighted by Crippen LogP contribution is 2.20. The number of benzene rings is 2. The Labute approximate surface area is 124 Å². The zero-order chi connectivity index (χ0) is 13.9. The van der Waals surface area contributed by atoms with Crippen LogP contribution in [0.2, 0.25) is 0 Å². The van der Waals surface area contributed by atoms with E-state index in [1.54, 1.807) is 18.5 Å². The van der Waals surface area contributed by atoms with Crippen molar-refractivity contribution < 1.29 is 4.39 Å². The fraction of sp³-hybridized carbons (Fsp3) is 0.0667. The number of halogens is 2. The second-order valence-electron chi connectivity index (χ2n) is 4.35. The van der Waals surface area contributed by atoms with Crippen molar-refractivity contribution in [2.24, 2.45) is 0 Å². The Morgan fingerprint density at radius 3 is 2.65 bits per heavy atom. The molecule has 0 aliphatic carbocycles. The molecule has 0 amide bonds. The molecule has 3 nitrogen and oxygen atoms in total. The first kappa shape index (κ1) is 13.0. The standard InChI is InChI=1S/C15H11BrFN3/c16-13-3-1-11(17)7-10(13)9-20-12-2-4-14-15(8-12)19-6-5-18-14/h1-8,20H,9H2. The largest absolute Gasteiger partial charge is 0.381 e. The van der Waals surface area contributed by atoms with Gasteiger partial charge in [0.2, 0.25) is 0 Å². The molecule has 1 heterocycles. The number of fused-ring (bicyclic) bond motifs is 1. The summed E-state index contributed by atoms with van der Waals surface area (Å²) in [7, 11) is 0. The molecule has 0 atom stereocenters. The van der Waals surface area contributed by atoms with Crippen molar-refractivity contribution in [2.45, 2.75) is 6.54 Å². The Kier molecular flexibility index (Phi) is 3.60. The number of nitrogens with zero attached hydrogens (tertiary/aromatic N) is 2. The second-order valence-corrected chi connectivity index (χ2v) is 5.20. The first-order valence-electron chi connectivity index (χ1n) is 6.11. The lowest BCUT2D eigenvalue weighted by atomic mass is 10.2. The summed E-state index contributed by atoms with van der Waals surface area (Å²) in [6.45, 7) is 0.532. The Morgan fingerprint density at radius 1 is 1.00 bits per heavy atom. The van der Waals surface area contributed by atoms with Gasteiger partial charge in [-0.05, 0) is 42.0 Å². The Morgan fingerprint density at radius 2 is 1.80 bits per heavy atom. The summed E-state index contributed by atoms with van der Waals surface area (Å²) in [6, 6.07) is 10.4. The van der Waals surface area contributed by atoms with Crippen molar-refractivity contribution in [1.82, 2.24) is 9.97 Å². The Bertz CT molecular complexity index is 761. The third-order valence-electron chi connectivity index (χ3n) is 2.96. The SMILES string of the molecule is Fc1ccc(Br)c(CNc2ccc3nccnc3c2)c1. The maximum absolute atomic E-state index is 13.2. The zero-order valence-corrected chi connectivity index (χ0v) is 12.1. The quantitative estimate of drug-likeness (QED) is 0.783. The van der Waals surface area contributed by atoms with Crippen LogP contribution in [-0.4, -0.2) is 9.97 Å². The molecule has 100 valence electrons. The highest BCUT2D eigenvalue weighted by Gasteiger charge is 2.03. The molecule has 0 saturated carbocycles. The van der Waals surface area contributed by atoms with Crippen LogP contribution in [0.3, 0.4) is 0 Å². The lowest BCUT2D eigenvalue weighted by Gasteiger charge is -2.09. The van der Waals surface area contributed by atoms with Crippen LogP contribution in [0.5, 0.6) is 0 Å². The average Bonchev–Trinajstić information content (AvgIpc) is 2.48. The van der Waals surface area contributed by atoms with Gasteiger partial charge in [0.05, 0.1) is 11.0 Å². The molecule has 0 fully saturated rings. The summed E-state index contributed by atoms with van der Waals surface area (Å²) >= 11 is 3.41. The van der Waals surface area contributed by atoms with Crippen molar-refractivity contribution in [3.05, 3.63) is 64.6 Å². The van der Waals surface area contributed by atoms with Gasteiger partial charge in [0.25, 0.3) is 0 Å². The molecule has 3 rings (SSSR count). The molecule has 0 radical (unpaired) electrons. The van der Waals surface area contributed by atoms with Crippen LogP contribution < -0.4 is 5.32 Å². The maximum atomic E-state index is 13.2. The van der Waals surface area contributed by atoms with Crippen LogP contribution in [0.4, 0.5) is 10.1 Å². The molecular weight excluding hydrogens is 321 g/mol. The summed E-state index contributed by atoms with van der Waals surface area (Å²) in [5.41, 5.74) is 3.47. The van der Waals surface area contributed by atoms with Gasteiger partial charge < -0.3 is 5.32 Å². The van der Waals surface area contributed by atoms with E-state index >= 15 is 0 Å². The minimum absolute atomic E-state index is 0.241. The molecule has 0 aliphatic heterocycles. The van der Waals surface area contributed by atoms with E-state index in [9.17, 15) is 4.39 Å². The van der Waals surface area contributed by atoms with Crippen molar-refractivity contribution in [1.29, 1.82) is 0 Å². The first-order valence-corrected chi connectivity index (χ1v) is 6.90. The number of nitrogens with one attached hydrogen (secondary N) is 1. The topological polar surface area (TPSA) is 37.8 Å². The van der Waals surface area contributed by atoms with Crippen LogP contribution in [0.25, 0.3) is 11.0 Å². The van der Waals surface area contributed by atoms with Crippen LogP contribution in [0.15, 0.2) is 53.3 Å². The van der Waals surface area contributed by atoms with E-state index in [2.05, 4.69) is 31.2 Å². The fourth-order valence-corrected chi connectivity index (χ4v) is 2.34. The Hall–Kier alpha value is -2.01. The van der Waals surface area contributed by atoms with E-state index in [-0.39, 0.29) is 5.82 Å². The normalized spacial score (nSPS) is 10.7. The van der Waals surface area contributed by atoms with E-state index in [0.717, 1.165) is 26.8 Å². The van der Waals surface area contributed by atoms with Gasteiger partial charge in [0, 0.05) is 29.1 Å². The van der Waals surface area contributed by atoms with Crippen LogP contribution >= 0.6 is 15.9 Å². The van der Waals surface area contributed by atoms with Crippen LogP contribution in [0.1, 0.15) is 5.56 Å².